The predicted octanol–water partition coefficient (Wildman–Crippen LogP) is 3.75. The molecule has 0 bridgehead atoms. The Labute approximate surface area is 172 Å². The average Bonchev–Trinajstić information content (AvgIpc) is 3.15. The van der Waals surface area contributed by atoms with Crippen LogP contribution >= 0.6 is 0 Å². The first-order valence-corrected chi connectivity index (χ1v) is 9.94. The Hall–Kier alpha value is -2.68. The number of aromatic nitrogens is 2. The summed E-state index contributed by atoms with van der Waals surface area (Å²) in [6, 6.07) is 5.36. The summed E-state index contributed by atoms with van der Waals surface area (Å²) in [4.78, 5) is 22.8. The van der Waals surface area contributed by atoms with E-state index < -0.39 is 11.7 Å². The molecule has 1 aromatic carbocycles. The van der Waals surface area contributed by atoms with Crippen molar-refractivity contribution in [3.63, 3.8) is 0 Å². The molecular formula is C21H23F3N4O2. The summed E-state index contributed by atoms with van der Waals surface area (Å²) < 4.78 is 44.7. The molecular weight excluding hydrogens is 397 g/mol. The Kier molecular flexibility index (Phi) is 5.64. The molecule has 1 spiro atoms. The van der Waals surface area contributed by atoms with Crippen LogP contribution in [0.1, 0.15) is 40.7 Å². The zero-order valence-corrected chi connectivity index (χ0v) is 16.4. The van der Waals surface area contributed by atoms with E-state index in [0.717, 1.165) is 38.5 Å². The number of amides is 1. The molecule has 0 saturated carbocycles. The number of nitrogens with zero attached hydrogens (tertiary/aromatic N) is 3. The number of nitrogens with one attached hydrogen (secondary N) is 1. The minimum absolute atomic E-state index is 0.0697. The van der Waals surface area contributed by atoms with Gasteiger partial charge in [-0.3, -0.25) is 4.79 Å². The van der Waals surface area contributed by atoms with Crippen molar-refractivity contribution in [1.82, 2.24) is 14.9 Å². The van der Waals surface area contributed by atoms with Gasteiger partial charge in [-0.2, -0.15) is 13.2 Å². The van der Waals surface area contributed by atoms with Gasteiger partial charge in [-0.1, -0.05) is 18.2 Å². The fraction of sp³-hybridized carbons (Fsp3) is 0.476. The maximum absolute atomic E-state index is 13.1. The first kappa shape index (κ1) is 20.6. The van der Waals surface area contributed by atoms with E-state index in [2.05, 4.69) is 15.3 Å². The molecule has 2 aliphatic heterocycles. The van der Waals surface area contributed by atoms with Crippen LogP contribution in [0.3, 0.4) is 0 Å². The number of hydrogen-bond donors (Lipinski definition) is 1. The third-order valence-electron chi connectivity index (χ3n) is 5.94. The SMILES string of the molecule is O=C(c1cnc(NCc2ccccc2C(F)(F)F)nc1)N1CCC2(CCOCC2)C1. The number of likely N-dealkylation sites (tertiary alicyclic amines) is 1. The van der Waals surface area contributed by atoms with Crippen LogP contribution in [0.5, 0.6) is 0 Å². The molecule has 1 amide bonds. The largest absolute Gasteiger partial charge is 0.416 e. The van der Waals surface area contributed by atoms with E-state index in [1.165, 1.54) is 24.5 Å². The van der Waals surface area contributed by atoms with Crippen molar-refractivity contribution < 1.29 is 22.7 Å². The van der Waals surface area contributed by atoms with Crippen LogP contribution in [-0.2, 0) is 17.5 Å². The summed E-state index contributed by atoms with van der Waals surface area (Å²) in [7, 11) is 0. The highest BCUT2D eigenvalue weighted by Gasteiger charge is 2.41. The quantitative estimate of drug-likeness (QED) is 0.816. The predicted molar refractivity (Wildman–Crippen MR) is 104 cm³/mol. The molecule has 2 fully saturated rings. The molecule has 6 nitrogen and oxygen atoms in total. The van der Waals surface area contributed by atoms with Crippen LogP contribution in [0, 0.1) is 5.41 Å². The number of anilines is 1. The summed E-state index contributed by atoms with van der Waals surface area (Å²) in [5, 5.41) is 2.79. The van der Waals surface area contributed by atoms with E-state index in [9.17, 15) is 18.0 Å². The third-order valence-corrected chi connectivity index (χ3v) is 5.94. The van der Waals surface area contributed by atoms with Gasteiger partial charge in [0, 0.05) is 45.2 Å². The number of carbonyl (C=O) groups excluding carboxylic acids is 1. The van der Waals surface area contributed by atoms with Crippen molar-refractivity contribution in [3.05, 3.63) is 53.3 Å². The second-order valence-corrected chi connectivity index (χ2v) is 7.89. The Morgan fingerprint density at radius 1 is 1.13 bits per heavy atom. The maximum atomic E-state index is 13.1. The lowest BCUT2D eigenvalue weighted by Crippen LogP contribution is -2.35. The van der Waals surface area contributed by atoms with Crippen LogP contribution in [0.2, 0.25) is 0 Å². The summed E-state index contributed by atoms with van der Waals surface area (Å²) in [6.07, 6.45) is 1.32. The normalized spacial score (nSPS) is 18.6. The molecule has 0 radical (unpaired) electrons. The highest BCUT2D eigenvalue weighted by atomic mass is 19.4. The minimum atomic E-state index is -4.42. The van der Waals surface area contributed by atoms with Gasteiger partial charge in [0.05, 0.1) is 11.1 Å². The number of alkyl halides is 3. The average molecular weight is 420 g/mol. The molecule has 9 heteroatoms. The summed E-state index contributed by atoms with van der Waals surface area (Å²) in [5.41, 5.74) is -0.0596. The van der Waals surface area contributed by atoms with Crippen molar-refractivity contribution in [2.45, 2.75) is 32.0 Å². The molecule has 3 heterocycles. The zero-order chi connectivity index (χ0) is 21.2. The summed E-state index contributed by atoms with van der Waals surface area (Å²) in [5.74, 6) is 0.0539. The standard InChI is InChI=1S/C21H23F3N4O2/c22-21(23,24)17-4-2-1-3-15(17)11-25-19-26-12-16(13-27-19)18(29)28-8-5-20(14-28)6-9-30-10-7-20/h1-4,12-13H,5-11,14H2,(H,25,26,27). The van der Waals surface area contributed by atoms with Crippen LogP contribution in [-0.4, -0.2) is 47.1 Å². The maximum Gasteiger partial charge on any atom is 0.416 e. The van der Waals surface area contributed by atoms with Gasteiger partial charge in [0.15, 0.2) is 0 Å². The van der Waals surface area contributed by atoms with Gasteiger partial charge in [0.1, 0.15) is 0 Å². The van der Waals surface area contributed by atoms with E-state index in [1.807, 2.05) is 4.90 Å². The number of halogens is 3. The lowest BCUT2D eigenvalue weighted by molar-refractivity contribution is -0.138. The van der Waals surface area contributed by atoms with Gasteiger partial charge in [0.2, 0.25) is 5.95 Å². The Balaban J connectivity index is 1.37. The molecule has 160 valence electrons. The number of ether oxygens (including phenoxy) is 1. The van der Waals surface area contributed by atoms with Gasteiger partial charge >= 0.3 is 6.18 Å². The second kappa shape index (κ2) is 8.22. The number of rotatable bonds is 4. The molecule has 0 unspecified atom stereocenters. The van der Waals surface area contributed by atoms with Crippen molar-refractivity contribution in [2.24, 2.45) is 5.41 Å². The van der Waals surface area contributed by atoms with E-state index >= 15 is 0 Å². The van der Waals surface area contributed by atoms with Crippen molar-refractivity contribution in [1.29, 1.82) is 0 Å². The molecule has 1 N–H and O–H groups in total. The number of hydrogen-bond acceptors (Lipinski definition) is 5. The number of carbonyl (C=O) groups is 1. The van der Waals surface area contributed by atoms with Crippen molar-refractivity contribution >= 4 is 11.9 Å². The topological polar surface area (TPSA) is 67.4 Å². The van der Waals surface area contributed by atoms with Crippen LogP contribution in [0.4, 0.5) is 19.1 Å². The minimum Gasteiger partial charge on any atom is -0.381 e. The van der Waals surface area contributed by atoms with Crippen LogP contribution < -0.4 is 5.32 Å². The van der Waals surface area contributed by atoms with Gasteiger partial charge in [-0.05, 0) is 36.3 Å². The Morgan fingerprint density at radius 2 is 1.83 bits per heavy atom. The molecule has 2 aliphatic rings. The molecule has 4 rings (SSSR count). The Morgan fingerprint density at radius 3 is 2.53 bits per heavy atom. The first-order valence-electron chi connectivity index (χ1n) is 9.94. The fourth-order valence-corrected chi connectivity index (χ4v) is 4.16. The highest BCUT2D eigenvalue weighted by Crippen LogP contribution is 2.40. The van der Waals surface area contributed by atoms with Gasteiger partial charge in [0.25, 0.3) is 5.91 Å². The van der Waals surface area contributed by atoms with Crippen LogP contribution in [0.25, 0.3) is 0 Å². The zero-order valence-electron chi connectivity index (χ0n) is 16.4. The third kappa shape index (κ3) is 4.40. The smallest absolute Gasteiger partial charge is 0.381 e. The van der Waals surface area contributed by atoms with E-state index in [4.69, 9.17) is 4.74 Å². The lowest BCUT2D eigenvalue weighted by Gasteiger charge is -2.33. The first-order chi connectivity index (χ1) is 14.4. The van der Waals surface area contributed by atoms with Gasteiger partial charge < -0.3 is 15.0 Å². The molecule has 2 aromatic rings. The van der Waals surface area contributed by atoms with Gasteiger partial charge in [-0.15, -0.1) is 0 Å². The number of benzene rings is 1. The van der Waals surface area contributed by atoms with E-state index in [0.29, 0.717) is 18.7 Å². The fourth-order valence-electron chi connectivity index (χ4n) is 4.16. The summed E-state index contributed by atoms with van der Waals surface area (Å²) in [6.45, 7) is 2.82. The molecule has 0 atom stereocenters. The van der Waals surface area contributed by atoms with Crippen molar-refractivity contribution in [2.75, 3.05) is 31.6 Å². The molecule has 1 aromatic heterocycles. The van der Waals surface area contributed by atoms with Gasteiger partial charge in [-0.25, -0.2) is 9.97 Å². The lowest BCUT2D eigenvalue weighted by atomic mass is 9.80. The Bertz CT molecular complexity index is 896. The second-order valence-electron chi connectivity index (χ2n) is 7.89. The van der Waals surface area contributed by atoms with E-state index in [-0.39, 0.29) is 29.4 Å². The molecule has 0 aliphatic carbocycles. The van der Waals surface area contributed by atoms with Crippen LogP contribution in [0.15, 0.2) is 36.7 Å². The monoisotopic (exact) mass is 420 g/mol. The van der Waals surface area contributed by atoms with Crippen molar-refractivity contribution in [3.8, 4) is 0 Å². The van der Waals surface area contributed by atoms with E-state index in [1.54, 1.807) is 6.07 Å². The molecule has 2 saturated heterocycles. The highest BCUT2D eigenvalue weighted by molar-refractivity contribution is 5.94. The molecule has 30 heavy (non-hydrogen) atoms. The summed E-state index contributed by atoms with van der Waals surface area (Å²) >= 11 is 0.